The molecule has 0 saturated carbocycles. The van der Waals surface area contributed by atoms with E-state index < -0.39 is 18.0 Å². The number of nitrogens with one attached hydrogen (secondary N) is 3. The minimum Gasteiger partial charge on any atom is -0.308 e. The number of amides is 5. The van der Waals surface area contributed by atoms with E-state index in [0.717, 1.165) is 0 Å². The van der Waals surface area contributed by atoms with Gasteiger partial charge >= 0.3 is 12.1 Å². The summed E-state index contributed by atoms with van der Waals surface area (Å²) in [7, 11) is 0. The second kappa shape index (κ2) is 6.85. The van der Waals surface area contributed by atoms with Crippen molar-refractivity contribution in [3.8, 4) is 0 Å². The second-order valence-electron chi connectivity index (χ2n) is 4.09. The van der Waals surface area contributed by atoms with E-state index in [1.54, 1.807) is 60.7 Å². The molecule has 0 unspecified atom stereocenters. The molecule has 0 bridgehead atoms. The van der Waals surface area contributed by atoms with Crippen molar-refractivity contribution in [3.63, 3.8) is 0 Å². The number of carbonyl (C=O) groups excluding carboxylic acids is 3. The Hall–Kier alpha value is -3.15. The predicted octanol–water partition coefficient (Wildman–Crippen LogP) is 2.36. The fraction of sp³-hybridized carbons (Fsp3) is 0. The molecule has 6 nitrogen and oxygen atoms in total. The van der Waals surface area contributed by atoms with Crippen LogP contribution in [-0.4, -0.2) is 18.0 Å². The highest BCUT2D eigenvalue weighted by atomic mass is 16.2. The number of hydrogen-bond donors (Lipinski definition) is 3. The molecule has 0 spiro atoms. The molecular formula is C15H13N3O3. The van der Waals surface area contributed by atoms with Crippen molar-refractivity contribution in [2.75, 3.05) is 5.32 Å². The summed E-state index contributed by atoms with van der Waals surface area (Å²) in [5.41, 5.74) is 0.869. The van der Waals surface area contributed by atoms with Crippen molar-refractivity contribution in [1.82, 2.24) is 10.6 Å². The van der Waals surface area contributed by atoms with Crippen LogP contribution in [0.25, 0.3) is 0 Å². The molecule has 0 aliphatic heterocycles. The van der Waals surface area contributed by atoms with Crippen molar-refractivity contribution < 1.29 is 14.4 Å². The first-order valence-corrected chi connectivity index (χ1v) is 6.18. The lowest BCUT2D eigenvalue weighted by atomic mass is 10.2. The zero-order valence-electron chi connectivity index (χ0n) is 11.0. The molecule has 0 aromatic heterocycles. The maximum absolute atomic E-state index is 11.7. The van der Waals surface area contributed by atoms with Crippen LogP contribution in [0.4, 0.5) is 15.3 Å². The number of hydrogen-bond acceptors (Lipinski definition) is 3. The van der Waals surface area contributed by atoms with Crippen LogP contribution in [0.1, 0.15) is 10.4 Å². The molecule has 21 heavy (non-hydrogen) atoms. The SMILES string of the molecule is O=C(NC(=O)Nc1ccccc1)NC(=O)c1ccccc1. The summed E-state index contributed by atoms with van der Waals surface area (Å²) in [4.78, 5) is 34.8. The molecule has 6 heteroatoms. The lowest BCUT2D eigenvalue weighted by Crippen LogP contribution is -2.44. The molecule has 2 aromatic rings. The van der Waals surface area contributed by atoms with Gasteiger partial charge in [-0.15, -0.1) is 0 Å². The number of carbonyl (C=O) groups is 3. The molecular weight excluding hydrogens is 270 g/mol. The molecule has 0 aliphatic rings. The van der Waals surface area contributed by atoms with Crippen molar-refractivity contribution in [1.29, 1.82) is 0 Å². The highest BCUT2D eigenvalue weighted by Gasteiger charge is 2.12. The normalized spacial score (nSPS) is 9.52. The highest BCUT2D eigenvalue weighted by molar-refractivity contribution is 6.09. The van der Waals surface area contributed by atoms with Crippen molar-refractivity contribution in [2.45, 2.75) is 0 Å². The van der Waals surface area contributed by atoms with Crippen molar-refractivity contribution >= 4 is 23.7 Å². The van der Waals surface area contributed by atoms with Gasteiger partial charge in [-0.25, -0.2) is 9.59 Å². The highest BCUT2D eigenvalue weighted by Crippen LogP contribution is 2.04. The van der Waals surface area contributed by atoms with Gasteiger partial charge in [-0.05, 0) is 24.3 Å². The molecule has 2 rings (SSSR count). The molecule has 0 radical (unpaired) electrons. The van der Waals surface area contributed by atoms with E-state index in [0.29, 0.717) is 11.3 Å². The Bertz CT molecular complexity index is 642. The summed E-state index contributed by atoms with van der Waals surface area (Å²) >= 11 is 0. The van der Waals surface area contributed by atoms with E-state index in [1.807, 2.05) is 5.32 Å². The van der Waals surface area contributed by atoms with E-state index in [9.17, 15) is 14.4 Å². The van der Waals surface area contributed by atoms with Gasteiger partial charge in [-0.1, -0.05) is 36.4 Å². The van der Waals surface area contributed by atoms with Gasteiger partial charge in [0.2, 0.25) is 0 Å². The minimum atomic E-state index is -0.891. The fourth-order valence-corrected chi connectivity index (χ4v) is 1.58. The van der Waals surface area contributed by atoms with Gasteiger partial charge < -0.3 is 5.32 Å². The van der Waals surface area contributed by atoms with E-state index >= 15 is 0 Å². The Labute approximate surface area is 121 Å². The summed E-state index contributed by atoms with van der Waals surface area (Å²) in [5.74, 6) is -0.583. The number of urea groups is 2. The zero-order valence-corrected chi connectivity index (χ0v) is 11.0. The van der Waals surface area contributed by atoms with Crippen LogP contribution >= 0.6 is 0 Å². The number of anilines is 1. The summed E-state index contributed by atoms with van der Waals surface area (Å²) in [6.07, 6.45) is 0. The number of rotatable bonds is 2. The van der Waals surface area contributed by atoms with Crippen LogP contribution in [0, 0.1) is 0 Å². The molecule has 0 saturated heterocycles. The number of imide groups is 2. The van der Waals surface area contributed by atoms with Gasteiger partial charge in [0.1, 0.15) is 0 Å². The average molecular weight is 283 g/mol. The van der Waals surface area contributed by atoms with Crippen molar-refractivity contribution in [3.05, 3.63) is 66.2 Å². The fourth-order valence-electron chi connectivity index (χ4n) is 1.58. The maximum atomic E-state index is 11.7. The molecule has 0 fully saturated rings. The van der Waals surface area contributed by atoms with E-state index in [1.165, 1.54) is 0 Å². The number of benzene rings is 2. The van der Waals surface area contributed by atoms with Gasteiger partial charge in [0, 0.05) is 11.3 Å². The van der Waals surface area contributed by atoms with E-state index in [2.05, 4.69) is 10.6 Å². The van der Waals surface area contributed by atoms with Crippen LogP contribution in [0.5, 0.6) is 0 Å². The van der Waals surface area contributed by atoms with Crippen LogP contribution in [0.15, 0.2) is 60.7 Å². The van der Waals surface area contributed by atoms with Gasteiger partial charge in [-0.3, -0.25) is 15.4 Å². The average Bonchev–Trinajstić information content (AvgIpc) is 2.48. The largest absolute Gasteiger partial charge is 0.329 e. The third-order valence-corrected chi connectivity index (χ3v) is 2.52. The van der Waals surface area contributed by atoms with Gasteiger partial charge in [-0.2, -0.15) is 0 Å². The standard InChI is InChI=1S/C15H13N3O3/c19-13(11-7-3-1-4-8-11)17-15(21)18-14(20)16-12-9-5-2-6-10-12/h1-10H,(H3,16,17,18,19,20,21). The number of para-hydroxylation sites is 1. The molecule has 106 valence electrons. The van der Waals surface area contributed by atoms with Crippen LogP contribution in [-0.2, 0) is 0 Å². The molecule has 0 heterocycles. The van der Waals surface area contributed by atoms with Gasteiger partial charge in [0.15, 0.2) is 0 Å². The van der Waals surface area contributed by atoms with E-state index in [-0.39, 0.29) is 0 Å². The zero-order chi connectivity index (χ0) is 15.1. The van der Waals surface area contributed by atoms with Crippen LogP contribution < -0.4 is 16.0 Å². The smallest absolute Gasteiger partial charge is 0.308 e. The van der Waals surface area contributed by atoms with Gasteiger partial charge in [0.05, 0.1) is 0 Å². The lowest BCUT2D eigenvalue weighted by molar-refractivity contribution is 0.0965. The third kappa shape index (κ3) is 4.46. The molecule has 0 aliphatic carbocycles. The summed E-state index contributed by atoms with van der Waals surface area (Å²) in [6.45, 7) is 0. The molecule has 3 N–H and O–H groups in total. The maximum Gasteiger partial charge on any atom is 0.329 e. The first-order chi connectivity index (χ1) is 10.1. The Balaban J connectivity index is 1.84. The van der Waals surface area contributed by atoms with Crippen LogP contribution in [0.2, 0.25) is 0 Å². The molecule has 2 aromatic carbocycles. The Morgan fingerprint density at radius 3 is 1.86 bits per heavy atom. The Morgan fingerprint density at radius 1 is 0.667 bits per heavy atom. The summed E-state index contributed by atoms with van der Waals surface area (Å²) in [6, 6.07) is 15.3. The first-order valence-electron chi connectivity index (χ1n) is 6.18. The molecule has 5 amide bonds. The Morgan fingerprint density at radius 2 is 1.24 bits per heavy atom. The monoisotopic (exact) mass is 283 g/mol. The molecule has 0 atom stereocenters. The summed E-state index contributed by atoms with van der Waals surface area (Å²) < 4.78 is 0. The van der Waals surface area contributed by atoms with E-state index in [4.69, 9.17) is 0 Å². The van der Waals surface area contributed by atoms with Crippen molar-refractivity contribution in [2.24, 2.45) is 0 Å². The third-order valence-electron chi connectivity index (χ3n) is 2.52. The topological polar surface area (TPSA) is 87.3 Å². The first kappa shape index (κ1) is 14.3. The minimum absolute atomic E-state index is 0.330. The Kier molecular flexibility index (Phi) is 4.66. The predicted molar refractivity (Wildman–Crippen MR) is 77.9 cm³/mol. The van der Waals surface area contributed by atoms with Crippen LogP contribution in [0.3, 0.4) is 0 Å². The second-order valence-corrected chi connectivity index (χ2v) is 4.09. The van der Waals surface area contributed by atoms with Gasteiger partial charge in [0.25, 0.3) is 5.91 Å². The quantitative estimate of drug-likeness (QED) is 0.790. The summed E-state index contributed by atoms with van der Waals surface area (Å²) in [5, 5.41) is 6.53. The lowest BCUT2D eigenvalue weighted by Gasteiger charge is -2.07.